The number of ether oxygens (including phenoxy) is 1. The maximum atomic E-state index is 5.64. The van der Waals surface area contributed by atoms with Gasteiger partial charge in [-0.15, -0.1) is 0 Å². The van der Waals surface area contributed by atoms with E-state index in [0.717, 1.165) is 22.8 Å². The van der Waals surface area contributed by atoms with Gasteiger partial charge in [0.25, 0.3) is 0 Å². The Hall–Kier alpha value is -1.90. The summed E-state index contributed by atoms with van der Waals surface area (Å²) in [4.78, 5) is 9.07. The Morgan fingerprint density at radius 3 is 2.15 bits per heavy atom. The van der Waals surface area contributed by atoms with Gasteiger partial charge in [-0.05, 0) is 56.5 Å². The van der Waals surface area contributed by atoms with Crippen molar-refractivity contribution in [1.82, 2.24) is 9.97 Å². The normalized spacial score (nSPS) is 11.2. The standard InChI is InChI=1S/C17H22N2O/c1-11(2)16-10-18-17(19-13(16)5)14-6-8-15(9-7-14)20-12(3)4/h6-12H,1-5H3. The first-order chi connectivity index (χ1) is 9.47. The van der Waals surface area contributed by atoms with Crippen molar-refractivity contribution in [1.29, 1.82) is 0 Å². The van der Waals surface area contributed by atoms with E-state index in [1.165, 1.54) is 5.56 Å². The van der Waals surface area contributed by atoms with Crippen molar-refractivity contribution < 1.29 is 4.74 Å². The third kappa shape index (κ3) is 3.35. The van der Waals surface area contributed by atoms with Crippen LogP contribution in [0.4, 0.5) is 0 Å². The molecule has 0 fully saturated rings. The Morgan fingerprint density at radius 2 is 1.65 bits per heavy atom. The van der Waals surface area contributed by atoms with Crippen LogP contribution in [0.3, 0.4) is 0 Å². The second kappa shape index (κ2) is 6.04. The molecular formula is C17H22N2O. The minimum absolute atomic E-state index is 0.185. The fourth-order valence-corrected chi connectivity index (χ4v) is 2.14. The second-order valence-corrected chi connectivity index (χ2v) is 5.58. The number of nitrogens with zero attached hydrogens (tertiary/aromatic N) is 2. The lowest BCUT2D eigenvalue weighted by molar-refractivity contribution is 0.242. The van der Waals surface area contributed by atoms with Gasteiger partial charge in [0.05, 0.1) is 6.10 Å². The van der Waals surface area contributed by atoms with Gasteiger partial charge in [-0.2, -0.15) is 0 Å². The highest BCUT2D eigenvalue weighted by Gasteiger charge is 2.08. The van der Waals surface area contributed by atoms with E-state index < -0.39 is 0 Å². The molecule has 0 amide bonds. The van der Waals surface area contributed by atoms with Gasteiger partial charge < -0.3 is 4.74 Å². The van der Waals surface area contributed by atoms with E-state index in [1.807, 2.05) is 51.2 Å². The van der Waals surface area contributed by atoms with E-state index in [1.54, 1.807) is 0 Å². The molecule has 0 saturated heterocycles. The molecule has 2 rings (SSSR count). The van der Waals surface area contributed by atoms with Gasteiger partial charge in [-0.1, -0.05) is 13.8 Å². The summed E-state index contributed by atoms with van der Waals surface area (Å²) < 4.78 is 5.64. The molecule has 0 N–H and O–H groups in total. The molecule has 0 bridgehead atoms. The number of hydrogen-bond donors (Lipinski definition) is 0. The fourth-order valence-electron chi connectivity index (χ4n) is 2.14. The summed E-state index contributed by atoms with van der Waals surface area (Å²) in [5.74, 6) is 2.09. The smallest absolute Gasteiger partial charge is 0.159 e. The third-order valence-corrected chi connectivity index (χ3v) is 3.12. The molecule has 0 aliphatic carbocycles. The van der Waals surface area contributed by atoms with Crippen molar-refractivity contribution in [3.8, 4) is 17.1 Å². The maximum Gasteiger partial charge on any atom is 0.159 e. The molecule has 3 nitrogen and oxygen atoms in total. The van der Waals surface area contributed by atoms with Crippen LogP contribution in [0, 0.1) is 6.92 Å². The first kappa shape index (κ1) is 14.5. The van der Waals surface area contributed by atoms with Gasteiger partial charge in [0.2, 0.25) is 0 Å². The Kier molecular flexibility index (Phi) is 4.38. The Balaban J connectivity index is 2.25. The summed E-state index contributed by atoms with van der Waals surface area (Å²) in [6, 6.07) is 7.93. The molecule has 0 saturated carbocycles. The molecule has 0 radical (unpaired) electrons. The number of hydrogen-bond acceptors (Lipinski definition) is 3. The van der Waals surface area contributed by atoms with Gasteiger partial charge in [-0.3, -0.25) is 0 Å². The zero-order chi connectivity index (χ0) is 14.7. The largest absolute Gasteiger partial charge is 0.491 e. The lowest BCUT2D eigenvalue weighted by atomic mass is 10.0. The van der Waals surface area contributed by atoms with Crippen LogP contribution in [0.5, 0.6) is 5.75 Å². The van der Waals surface area contributed by atoms with Crippen LogP contribution in [0.25, 0.3) is 11.4 Å². The van der Waals surface area contributed by atoms with Gasteiger partial charge in [0, 0.05) is 17.5 Å². The first-order valence-corrected chi connectivity index (χ1v) is 7.08. The first-order valence-electron chi connectivity index (χ1n) is 7.08. The quantitative estimate of drug-likeness (QED) is 0.827. The van der Waals surface area contributed by atoms with Gasteiger partial charge in [-0.25, -0.2) is 9.97 Å². The fraction of sp³-hybridized carbons (Fsp3) is 0.412. The highest BCUT2D eigenvalue weighted by atomic mass is 16.5. The average Bonchev–Trinajstić information content (AvgIpc) is 2.38. The molecule has 0 spiro atoms. The predicted octanol–water partition coefficient (Wildman–Crippen LogP) is 4.36. The number of benzene rings is 1. The monoisotopic (exact) mass is 270 g/mol. The molecule has 0 unspecified atom stereocenters. The van der Waals surface area contributed by atoms with Crippen molar-refractivity contribution in [2.75, 3.05) is 0 Å². The molecule has 1 aromatic heterocycles. The van der Waals surface area contributed by atoms with Crippen LogP contribution in [-0.2, 0) is 0 Å². The minimum atomic E-state index is 0.185. The van der Waals surface area contributed by atoms with Crippen LogP contribution in [-0.4, -0.2) is 16.1 Å². The Morgan fingerprint density at radius 1 is 1.00 bits per heavy atom. The molecule has 0 aliphatic heterocycles. The number of aromatic nitrogens is 2. The summed E-state index contributed by atoms with van der Waals surface area (Å²) in [7, 11) is 0. The van der Waals surface area contributed by atoms with E-state index >= 15 is 0 Å². The van der Waals surface area contributed by atoms with Crippen molar-refractivity contribution in [3.63, 3.8) is 0 Å². The lowest BCUT2D eigenvalue weighted by Crippen LogP contribution is -2.05. The van der Waals surface area contributed by atoms with Crippen LogP contribution < -0.4 is 4.74 Å². The van der Waals surface area contributed by atoms with E-state index in [-0.39, 0.29) is 6.10 Å². The highest BCUT2D eigenvalue weighted by molar-refractivity contribution is 5.56. The molecule has 0 aliphatic rings. The molecule has 20 heavy (non-hydrogen) atoms. The molecule has 1 aromatic carbocycles. The molecular weight excluding hydrogens is 248 g/mol. The summed E-state index contributed by atoms with van der Waals surface area (Å²) in [5.41, 5.74) is 3.26. The van der Waals surface area contributed by atoms with Crippen LogP contribution >= 0.6 is 0 Å². The number of aryl methyl sites for hydroxylation is 1. The summed E-state index contributed by atoms with van der Waals surface area (Å²) in [6.07, 6.45) is 2.12. The average molecular weight is 270 g/mol. The summed E-state index contributed by atoms with van der Waals surface area (Å²) in [6.45, 7) is 10.4. The van der Waals surface area contributed by atoms with Crippen molar-refractivity contribution in [2.24, 2.45) is 0 Å². The second-order valence-electron chi connectivity index (χ2n) is 5.58. The van der Waals surface area contributed by atoms with Gasteiger partial charge in [0.1, 0.15) is 5.75 Å². The minimum Gasteiger partial charge on any atom is -0.491 e. The van der Waals surface area contributed by atoms with Gasteiger partial charge in [0.15, 0.2) is 5.82 Å². The summed E-state index contributed by atoms with van der Waals surface area (Å²) in [5, 5.41) is 0. The van der Waals surface area contributed by atoms with E-state index in [9.17, 15) is 0 Å². The van der Waals surface area contributed by atoms with Crippen LogP contribution in [0.2, 0.25) is 0 Å². The molecule has 0 atom stereocenters. The highest BCUT2D eigenvalue weighted by Crippen LogP contribution is 2.23. The van der Waals surface area contributed by atoms with E-state index in [2.05, 4.69) is 23.8 Å². The van der Waals surface area contributed by atoms with E-state index in [0.29, 0.717) is 5.92 Å². The maximum absolute atomic E-state index is 5.64. The van der Waals surface area contributed by atoms with Crippen molar-refractivity contribution in [2.45, 2.75) is 46.6 Å². The number of rotatable bonds is 4. The zero-order valence-corrected chi connectivity index (χ0v) is 12.8. The molecule has 3 heteroatoms. The zero-order valence-electron chi connectivity index (χ0n) is 12.8. The molecule has 1 heterocycles. The SMILES string of the molecule is Cc1nc(-c2ccc(OC(C)C)cc2)ncc1C(C)C. The van der Waals surface area contributed by atoms with Crippen molar-refractivity contribution >= 4 is 0 Å². The summed E-state index contributed by atoms with van der Waals surface area (Å²) >= 11 is 0. The molecule has 2 aromatic rings. The topological polar surface area (TPSA) is 35.0 Å². The predicted molar refractivity (Wildman–Crippen MR) is 82.1 cm³/mol. The van der Waals surface area contributed by atoms with Crippen LogP contribution in [0.1, 0.15) is 44.9 Å². The Bertz CT molecular complexity index is 574. The molecule has 106 valence electrons. The van der Waals surface area contributed by atoms with E-state index in [4.69, 9.17) is 4.74 Å². The third-order valence-electron chi connectivity index (χ3n) is 3.12. The van der Waals surface area contributed by atoms with Gasteiger partial charge >= 0.3 is 0 Å². The van der Waals surface area contributed by atoms with Crippen LogP contribution in [0.15, 0.2) is 30.5 Å². The lowest BCUT2D eigenvalue weighted by Gasteiger charge is -2.11. The Labute approximate surface area is 121 Å². The van der Waals surface area contributed by atoms with Crippen molar-refractivity contribution in [3.05, 3.63) is 41.7 Å².